The molecule has 0 aliphatic heterocycles. The summed E-state index contributed by atoms with van der Waals surface area (Å²) in [7, 11) is 0. The normalized spacial score (nSPS) is 13.4. The first-order valence-electron chi connectivity index (χ1n) is 10.5. The largest absolute Gasteiger partial charge is 0.376 e. The first kappa shape index (κ1) is 20.9. The van der Waals surface area contributed by atoms with E-state index in [9.17, 15) is 14.4 Å². The van der Waals surface area contributed by atoms with Crippen LogP contribution < -0.4 is 5.32 Å². The molecule has 2 N–H and O–H groups in total. The lowest BCUT2D eigenvalue weighted by Crippen LogP contribution is -2.28. The van der Waals surface area contributed by atoms with E-state index in [2.05, 4.69) is 10.3 Å². The van der Waals surface area contributed by atoms with Gasteiger partial charge >= 0.3 is 0 Å². The number of Topliss-reactive ketones (excluding diaryl/α,β-unsaturated/α-hetero) is 3. The van der Waals surface area contributed by atoms with E-state index in [1.54, 1.807) is 36.4 Å². The van der Waals surface area contributed by atoms with E-state index in [0.717, 1.165) is 22.0 Å². The molecule has 0 bridgehead atoms. The Morgan fingerprint density at radius 2 is 1.55 bits per heavy atom. The van der Waals surface area contributed by atoms with Gasteiger partial charge in [0.25, 0.3) is 0 Å². The zero-order chi connectivity index (χ0) is 22.9. The van der Waals surface area contributed by atoms with Crippen molar-refractivity contribution in [3.63, 3.8) is 0 Å². The van der Waals surface area contributed by atoms with E-state index in [0.29, 0.717) is 29.7 Å². The number of hydrogen-bond donors (Lipinski definition) is 2. The van der Waals surface area contributed by atoms with Gasteiger partial charge in [-0.15, -0.1) is 0 Å². The monoisotopic (exact) mass is 454 g/mol. The summed E-state index contributed by atoms with van der Waals surface area (Å²) in [6, 6.07) is 21.8. The maximum Gasteiger partial charge on any atom is 0.211 e. The van der Waals surface area contributed by atoms with Gasteiger partial charge in [-0.25, -0.2) is 0 Å². The van der Waals surface area contributed by atoms with Crippen LogP contribution in [0.15, 0.2) is 89.7 Å². The Balaban J connectivity index is 1.26. The number of carbonyl (C=O) groups is 3. The third-order valence-corrected chi connectivity index (χ3v) is 6.15. The predicted molar refractivity (Wildman–Crippen MR) is 128 cm³/mol. The zero-order valence-corrected chi connectivity index (χ0v) is 18.3. The van der Waals surface area contributed by atoms with Gasteiger partial charge < -0.3 is 10.3 Å². The molecule has 3 aromatic carbocycles. The summed E-state index contributed by atoms with van der Waals surface area (Å²) in [6.45, 7) is 0.297. The van der Waals surface area contributed by atoms with Gasteiger partial charge in [0, 0.05) is 41.4 Å². The summed E-state index contributed by atoms with van der Waals surface area (Å²) >= 11 is 6.19. The summed E-state index contributed by atoms with van der Waals surface area (Å²) in [5, 5.41) is 3.97. The average molecular weight is 455 g/mol. The number of ketones is 3. The lowest BCUT2D eigenvalue weighted by molar-refractivity contribution is 0.0974. The summed E-state index contributed by atoms with van der Waals surface area (Å²) in [5.41, 5.74) is 4.23. The van der Waals surface area contributed by atoms with Crippen LogP contribution in [0.1, 0.15) is 42.2 Å². The molecule has 1 heterocycles. The van der Waals surface area contributed by atoms with Crippen molar-refractivity contribution in [1.82, 2.24) is 10.3 Å². The van der Waals surface area contributed by atoms with Crippen molar-refractivity contribution in [3.05, 3.63) is 118 Å². The van der Waals surface area contributed by atoms with Gasteiger partial charge in [0.2, 0.25) is 11.6 Å². The average Bonchev–Trinajstić information content (AvgIpc) is 3.31. The quantitative estimate of drug-likeness (QED) is 0.392. The Kier molecular flexibility index (Phi) is 5.40. The molecular weight excluding hydrogens is 436 g/mol. The number of hydrogen-bond acceptors (Lipinski definition) is 4. The molecule has 33 heavy (non-hydrogen) atoms. The van der Waals surface area contributed by atoms with Crippen LogP contribution in [0.5, 0.6) is 0 Å². The molecular formula is C27H19ClN2O3. The number of benzene rings is 3. The van der Waals surface area contributed by atoms with Crippen molar-refractivity contribution in [2.75, 3.05) is 0 Å². The van der Waals surface area contributed by atoms with E-state index in [1.165, 1.54) is 0 Å². The van der Waals surface area contributed by atoms with Crippen LogP contribution in [-0.2, 0) is 13.0 Å². The highest BCUT2D eigenvalue weighted by Gasteiger charge is 2.30. The fourth-order valence-corrected chi connectivity index (χ4v) is 4.26. The first-order valence-corrected chi connectivity index (χ1v) is 10.9. The second-order valence-electron chi connectivity index (χ2n) is 7.94. The molecule has 0 amide bonds. The highest BCUT2D eigenvalue weighted by atomic mass is 35.5. The lowest BCUT2D eigenvalue weighted by Gasteiger charge is -2.19. The summed E-state index contributed by atoms with van der Waals surface area (Å²) < 4.78 is 0. The van der Waals surface area contributed by atoms with Crippen LogP contribution in [0.4, 0.5) is 0 Å². The van der Waals surface area contributed by atoms with Crippen LogP contribution in [0.25, 0.3) is 10.9 Å². The van der Waals surface area contributed by atoms with Gasteiger partial charge in [0.1, 0.15) is 10.7 Å². The Bertz CT molecular complexity index is 1450. The van der Waals surface area contributed by atoms with Crippen LogP contribution >= 0.6 is 11.6 Å². The summed E-state index contributed by atoms with van der Waals surface area (Å²) in [5.74, 6) is -0.644. The van der Waals surface area contributed by atoms with Crippen molar-refractivity contribution in [1.29, 1.82) is 0 Å². The number of fused-ring (bicyclic) bond motifs is 2. The molecule has 0 unspecified atom stereocenters. The first-order chi connectivity index (χ1) is 16.0. The molecule has 5 nitrogen and oxygen atoms in total. The van der Waals surface area contributed by atoms with Crippen molar-refractivity contribution in [2.45, 2.75) is 13.0 Å². The minimum Gasteiger partial charge on any atom is -0.376 e. The number of nitrogens with one attached hydrogen (secondary N) is 2. The van der Waals surface area contributed by atoms with Gasteiger partial charge in [-0.05, 0) is 34.7 Å². The van der Waals surface area contributed by atoms with Crippen molar-refractivity contribution < 1.29 is 14.4 Å². The number of rotatable bonds is 6. The topological polar surface area (TPSA) is 79.0 Å². The Morgan fingerprint density at radius 1 is 0.848 bits per heavy atom. The fourth-order valence-electron chi connectivity index (χ4n) is 4.00. The Morgan fingerprint density at radius 3 is 2.30 bits per heavy atom. The van der Waals surface area contributed by atoms with Crippen LogP contribution in [0.2, 0.25) is 0 Å². The van der Waals surface area contributed by atoms with Crippen LogP contribution in [-0.4, -0.2) is 22.3 Å². The lowest BCUT2D eigenvalue weighted by atomic mass is 9.92. The van der Waals surface area contributed by atoms with E-state index >= 15 is 0 Å². The van der Waals surface area contributed by atoms with Crippen molar-refractivity contribution >= 4 is 39.9 Å². The van der Waals surface area contributed by atoms with Gasteiger partial charge in [-0.3, -0.25) is 14.4 Å². The SMILES string of the molecule is O=C(Cc1ccc2[nH]ccc2c1)c1ccc(CNC2=C(Cl)C(=O)c3ccccc3C2=O)cc1. The minimum absolute atomic E-state index is 0.0276. The van der Waals surface area contributed by atoms with E-state index in [4.69, 9.17) is 11.6 Å². The van der Waals surface area contributed by atoms with Crippen LogP contribution in [0, 0.1) is 0 Å². The zero-order valence-electron chi connectivity index (χ0n) is 17.5. The summed E-state index contributed by atoms with van der Waals surface area (Å²) in [6.07, 6.45) is 2.19. The molecule has 0 fully saturated rings. The molecule has 0 spiro atoms. The Labute approximate surface area is 195 Å². The van der Waals surface area contributed by atoms with Gasteiger partial charge in [0.05, 0.1) is 0 Å². The van der Waals surface area contributed by atoms with E-state index in [1.807, 2.05) is 42.6 Å². The molecule has 4 aromatic rings. The third-order valence-electron chi connectivity index (χ3n) is 5.79. The van der Waals surface area contributed by atoms with Gasteiger partial charge in [-0.1, -0.05) is 66.2 Å². The molecule has 0 saturated heterocycles. The summed E-state index contributed by atoms with van der Waals surface area (Å²) in [4.78, 5) is 41.1. The number of halogens is 1. The van der Waals surface area contributed by atoms with Gasteiger partial charge in [0.15, 0.2) is 5.78 Å². The highest BCUT2D eigenvalue weighted by Crippen LogP contribution is 2.27. The number of allylic oxidation sites excluding steroid dienone is 2. The standard InChI is InChI=1S/C27H19ClN2O3/c28-24-25(27(33)21-4-2-1-3-20(21)26(24)32)30-15-16-5-8-18(9-6-16)23(31)14-17-7-10-22-19(13-17)11-12-29-22/h1-13,29-30H,14-15H2. The molecule has 1 aliphatic carbocycles. The Hall–Kier alpha value is -3.96. The third kappa shape index (κ3) is 3.99. The van der Waals surface area contributed by atoms with Gasteiger partial charge in [-0.2, -0.15) is 0 Å². The van der Waals surface area contributed by atoms with Crippen molar-refractivity contribution in [2.24, 2.45) is 0 Å². The smallest absolute Gasteiger partial charge is 0.211 e. The number of H-pyrrole nitrogens is 1. The minimum atomic E-state index is -0.367. The molecule has 6 heteroatoms. The van der Waals surface area contributed by atoms with Crippen molar-refractivity contribution in [3.8, 4) is 0 Å². The predicted octanol–water partition coefficient (Wildman–Crippen LogP) is 5.21. The molecule has 162 valence electrons. The fraction of sp³-hybridized carbons (Fsp3) is 0.0741. The number of aromatic nitrogens is 1. The maximum absolute atomic E-state index is 12.8. The second-order valence-corrected chi connectivity index (χ2v) is 8.32. The molecule has 0 saturated carbocycles. The molecule has 0 atom stereocenters. The maximum atomic E-state index is 12.8. The molecule has 0 radical (unpaired) electrons. The number of carbonyl (C=O) groups excluding carboxylic acids is 3. The van der Waals surface area contributed by atoms with E-state index in [-0.39, 0.29) is 28.1 Å². The van der Waals surface area contributed by atoms with Crippen LogP contribution in [0.3, 0.4) is 0 Å². The van der Waals surface area contributed by atoms with E-state index < -0.39 is 0 Å². The molecule has 1 aromatic heterocycles. The molecule has 1 aliphatic rings. The second kappa shape index (κ2) is 8.52. The number of aromatic amines is 1. The highest BCUT2D eigenvalue weighted by molar-refractivity contribution is 6.49. The molecule has 5 rings (SSSR count).